The predicted molar refractivity (Wildman–Crippen MR) is 102 cm³/mol. The maximum atomic E-state index is 13.2. The van der Waals surface area contributed by atoms with E-state index in [2.05, 4.69) is 0 Å². The Hall–Kier alpha value is -3.35. The van der Waals surface area contributed by atoms with Crippen LogP contribution in [-0.4, -0.2) is 48.7 Å². The molecule has 1 unspecified atom stereocenters. The first-order valence-electron chi connectivity index (χ1n) is 8.88. The molecule has 3 aromatic rings. The lowest BCUT2D eigenvalue weighted by Crippen LogP contribution is -2.51. The number of aromatic nitrogens is 2. The predicted octanol–water partition coefficient (Wildman–Crippen LogP) is 2.25. The zero-order valence-corrected chi connectivity index (χ0v) is 14.8. The van der Waals surface area contributed by atoms with Crippen LogP contribution in [0.1, 0.15) is 0 Å². The molecule has 136 valence electrons. The van der Waals surface area contributed by atoms with E-state index in [-0.39, 0.29) is 12.5 Å². The lowest BCUT2D eigenvalue weighted by molar-refractivity contribution is -0.127. The molecule has 27 heavy (non-hydrogen) atoms. The minimum atomic E-state index is -0.704. The maximum absolute atomic E-state index is 13.2. The van der Waals surface area contributed by atoms with Crippen molar-refractivity contribution in [3.05, 3.63) is 48.5 Å². The first-order chi connectivity index (χ1) is 13.2. The number of ether oxygens (including phenoxy) is 2. The van der Waals surface area contributed by atoms with E-state index in [0.717, 1.165) is 11.0 Å². The molecule has 0 bridgehead atoms. The van der Waals surface area contributed by atoms with Crippen LogP contribution in [0.3, 0.4) is 0 Å². The van der Waals surface area contributed by atoms with Gasteiger partial charge in [-0.3, -0.25) is 9.69 Å². The monoisotopic (exact) mass is 362 g/mol. The van der Waals surface area contributed by atoms with Gasteiger partial charge in [0, 0.05) is 20.1 Å². The minimum Gasteiger partial charge on any atom is -0.485 e. The van der Waals surface area contributed by atoms with Gasteiger partial charge in [-0.05, 0) is 24.3 Å². The summed E-state index contributed by atoms with van der Waals surface area (Å²) >= 11 is 0. The summed E-state index contributed by atoms with van der Waals surface area (Å²) in [6.45, 7) is 1.38. The van der Waals surface area contributed by atoms with Crippen molar-refractivity contribution >= 4 is 28.6 Å². The number of benzene rings is 2. The molecule has 2 aliphatic heterocycles. The van der Waals surface area contributed by atoms with E-state index in [4.69, 9.17) is 19.4 Å². The minimum absolute atomic E-state index is 0.163. The van der Waals surface area contributed by atoms with Gasteiger partial charge in [-0.25, -0.2) is 9.97 Å². The number of carbonyl (C=O) groups is 1. The van der Waals surface area contributed by atoms with Gasteiger partial charge in [-0.2, -0.15) is 0 Å². The number of carbonyl (C=O) groups excluding carboxylic acids is 1. The van der Waals surface area contributed by atoms with Gasteiger partial charge in [0.15, 0.2) is 23.1 Å². The molecule has 1 aromatic heterocycles. The smallest absolute Gasteiger partial charge is 0.272 e. The highest BCUT2D eigenvalue weighted by Gasteiger charge is 2.36. The summed E-state index contributed by atoms with van der Waals surface area (Å²) < 4.78 is 11.6. The van der Waals surface area contributed by atoms with Crippen molar-refractivity contribution in [1.82, 2.24) is 9.97 Å². The Morgan fingerprint density at radius 3 is 2.41 bits per heavy atom. The quantitative estimate of drug-likeness (QED) is 0.661. The summed E-state index contributed by atoms with van der Waals surface area (Å²) in [6, 6.07) is 15.0. The first-order valence-corrected chi connectivity index (χ1v) is 8.88. The number of hydrogen-bond donors (Lipinski definition) is 0. The highest BCUT2D eigenvalue weighted by atomic mass is 16.6. The lowest BCUT2D eigenvalue weighted by atomic mass is 10.2. The Bertz CT molecular complexity index is 1040. The van der Waals surface area contributed by atoms with E-state index in [1.165, 1.54) is 0 Å². The van der Waals surface area contributed by atoms with E-state index in [1.807, 2.05) is 54.4 Å². The van der Waals surface area contributed by atoms with E-state index in [0.29, 0.717) is 36.2 Å². The van der Waals surface area contributed by atoms with E-state index < -0.39 is 6.10 Å². The number of amides is 1. The Morgan fingerprint density at radius 1 is 0.963 bits per heavy atom. The van der Waals surface area contributed by atoms with Gasteiger partial charge in [-0.15, -0.1) is 0 Å². The van der Waals surface area contributed by atoms with Gasteiger partial charge >= 0.3 is 0 Å². The van der Waals surface area contributed by atoms with Crippen LogP contribution in [0.2, 0.25) is 0 Å². The molecule has 2 aromatic carbocycles. The van der Waals surface area contributed by atoms with Crippen molar-refractivity contribution in [1.29, 1.82) is 0 Å². The summed E-state index contributed by atoms with van der Waals surface area (Å²) in [5.74, 6) is 2.34. The fourth-order valence-corrected chi connectivity index (χ4v) is 3.41. The average Bonchev–Trinajstić information content (AvgIpc) is 2.72. The molecule has 5 rings (SSSR count). The topological polar surface area (TPSA) is 67.8 Å². The van der Waals surface area contributed by atoms with Crippen molar-refractivity contribution in [2.24, 2.45) is 0 Å². The normalized spacial score (nSPS) is 18.3. The molecule has 0 spiro atoms. The second-order valence-electron chi connectivity index (χ2n) is 6.64. The molecule has 3 heterocycles. The number of hydrogen-bond acceptors (Lipinski definition) is 6. The van der Waals surface area contributed by atoms with Crippen LogP contribution < -0.4 is 19.3 Å². The molecule has 2 aliphatic rings. The van der Waals surface area contributed by atoms with E-state index in [1.54, 1.807) is 11.0 Å². The summed E-state index contributed by atoms with van der Waals surface area (Å²) in [6.07, 6.45) is -0.704. The number of anilines is 2. The number of rotatable bonds is 1. The van der Waals surface area contributed by atoms with Gasteiger partial charge < -0.3 is 14.4 Å². The molecule has 7 heteroatoms. The van der Waals surface area contributed by atoms with E-state index >= 15 is 0 Å². The SMILES string of the molecule is CN1CCN(C(=O)C2COc3ccccc3O2)c2nc3ccccc3nc21. The number of nitrogens with zero attached hydrogens (tertiary/aromatic N) is 4. The van der Waals surface area contributed by atoms with Crippen LogP contribution in [0.4, 0.5) is 11.6 Å². The first kappa shape index (κ1) is 15.9. The van der Waals surface area contributed by atoms with Gasteiger partial charge in [-0.1, -0.05) is 24.3 Å². The fourth-order valence-electron chi connectivity index (χ4n) is 3.41. The van der Waals surface area contributed by atoms with Crippen LogP contribution in [0, 0.1) is 0 Å². The highest BCUT2D eigenvalue weighted by molar-refractivity contribution is 6.00. The fraction of sp³-hybridized carbons (Fsp3) is 0.250. The van der Waals surface area contributed by atoms with Gasteiger partial charge in [0.1, 0.15) is 6.61 Å². The molecule has 0 fully saturated rings. The number of likely N-dealkylation sites (N-methyl/N-ethyl adjacent to an activating group) is 1. The summed E-state index contributed by atoms with van der Waals surface area (Å²) in [7, 11) is 1.96. The molecular formula is C20H18N4O3. The van der Waals surface area contributed by atoms with Crippen molar-refractivity contribution in [2.75, 3.05) is 36.5 Å². The molecule has 1 amide bonds. The number of fused-ring (bicyclic) bond motifs is 3. The molecule has 0 saturated carbocycles. The van der Waals surface area contributed by atoms with Crippen LogP contribution in [-0.2, 0) is 4.79 Å². The molecule has 0 radical (unpaired) electrons. The summed E-state index contributed by atoms with van der Waals surface area (Å²) in [5.41, 5.74) is 1.57. The summed E-state index contributed by atoms with van der Waals surface area (Å²) in [5, 5.41) is 0. The largest absolute Gasteiger partial charge is 0.485 e. The van der Waals surface area contributed by atoms with Crippen LogP contribution in [0.25, 0.3) is 11.0 Å². The Balaban J connectivity index is 1.50. The standard InChI is InChI=1S/C20H18N4O3/c1-23-10-11-24(19-18(23)21-13-6-2-3-7-14(13)22-19)20(25)17-12-26-15-8-4-5-9-16(15)27-17/h2-9,17H,10-12H2,1H3. The Labute approximate surface area is 156 Å². The van der Waals surface area contributed by atoms with Gasteiger partial charge in [0.25, 0.3) is 5.91 Å². The molecule has 0 aliphatic carbocycles. The molecule has 0 N–H and O–H groups in total. The van der Waals surface area contributed by atoms with Crippen molar-refractivity contribution in [3.8, 4) is 11.5 Å². The Morgan fingerprint density at radius 2 is 1.63 bits per heavy atom. The molecular weight excluding hydrogens is 344 g/mol. The third kappa shape index (κ3) is 2.63. The van der Waals surface area contributed by atoms with Crippen LogP contribution >= 0.6 is 0 Å². The third-order valence-corrected chi connectivity index (χ3v) is 4.86. The third-order valence-electron chi connectivity index (χ3n) is 4.86. The molecule has 0 saturated heterocycles. The lowest BCUT2D eigenvalue weighted by Gasteiger charge is -2.36. The highest BCUT2D eigenvalue weighted by Crippen LogP contribution is 2.34. The zero-order valence-electron chi connectivity index (χ0n) is 14.8. The summed E-state index contributed by atoms with van der Waals surface area (Å²) in [4.78, 5) is 26.3. The van der Waals surface area contributed by atoms with Crippen molar-refractivity contribution < 1.29 is 14.3 Å². The van der Waals surface area contributed by atoms with Gasteiger partial charge in [0.2, 0.25) is 6.10 Å². The van der Waals surface area contributed by atoms with Gasteiger partial charge in [0.05, 0.1) is 11.0 Å². The van der Waals surface area contributed by atoms with Crippen LogP contribution in [0.5, 0.6) is 11.5 Å². The van der Waals surface area contributed by atoms with Crippen molar-refractivity contribution in [2.45, 2.75) is 6.10 Å². The second kappa shape index (κ2) is 6.12. The zero-order chi connectivity index (χ0) is 18.4. The molecule has 1 atom stereocenters. The van der Waals surface area contributed by atoms with Crippen LogP contribution in [0.15, 0.2) is 48.5 Å². The maximum Gasteiger partial charge on any atom is 0.272 e. The Kier molecular flexibility index (Phi) is 3.60. The van der Waals surface area contributed by atoms with E-state index in [9.17, 15) is 4.79 Å². The average molecular weight is 362 g/mol. The molecule has 7 nitrogen and oxygen atoms in total. The second-order valence-corrected chi connectivity index (χ2v) is 6.64. The van der Waals surface area contributed by atoms with Crippen molar-refractivity contribution in [3.63, 3.8) is 0 Å². The number of para-hydroxylation sites is 4.